The predicted molar refractivity (Wildman–Crippen MR) is 512 cm³/mol. The van der Waals surface area contributed by atoms with E-state index in [2.05, 4.69) is 108 Å². The quantitative estimate of drug-likeness (QED) is 0.0329. The Morgan fingerprint density at radius 1 is 0.331 bits per heavy atom. The van der Waals surface area contributed by atoms with Crippen LogP contribution in [0.1, 0.15) is 206 Å². The second kappa shape index (κ2) is 37.4. The number of benzene rings is 8. The van der Waals surface area contributed by atoms with Gasteiger partial charge in [0.15, 0.2) is 0 Å². The van der Waals surface area contributed by atoms with Crippen LogP contribution in [0.25, 0.3) is 110 Å². The Balaban J connectivity index is 0.000000108. The molecule has 704 valence electrons. The second-order valence-corrected chi connectivity index (χ2v) is 39.7. The van der Waals surface area contributed by atoms with Gasteiger partial charge in [0, 0.05) is 172 Å². The highest BCUT2D eigenvalue weighted by Crippen LogP contribution is 2.54. The Kier molecular flexibility index (Phi) is 24.7. The van der Waals surface area contributed by atoms with E-state index in [-0.39, 0.29) is 53.4 Å². The lowest BCUT2D eigenvalue weighted by Gasteiger charge is -2.37. The summed E-state index contributed by atoms with van der Waals surface area (Å²) in [4.78, 5) is 45.5. The molecule has 0 amide bonds. The molecule has 4 saturated heterocycles. The zero-order valence-corrected chi connectivity index (χ0v) is 76.7. The average Bonchev–Trinajstić information content (AvgIpc) is 1.57. The summed E-state index contributed by atoms with van der Waals surface area (Å²) in [5.74, 6) is -1.43. The first-order chi connectivity index (χ1) is 66.0. The number of aliphatic carboxylic acids is 4. The molecule has 24 rings (SSSR count). The van der Waals surface area contributed by atoms with Gasteiger partial charge >= 0.3 is 23.9 Å². The number of carboxylic acid groups (broad SMARTS) is 4. The molecule has 0 bridgehead atoms. The van der Waals surface area contributed by atoms with Crippen molar-refractivity contribution in [2.45, 2.75) is 186 Å². The van der Waals surface area contributed by atoms with E-state index in [4.69, 9.17) is 18.9 Å². The molecule has 8 aromatic carbocycles. The summed E-state index contributed by atoms with van der Waals surface area (Å²) in [6.45, 7) is 13.0. The monoisotopic (exact) mass is 1840 g/mol. The molecule has 0 radical (unpaired) electrons. The van der Waals surface area contributed by atoms with Crippen LogP contribution in [-0.2, 0) is 57.4 Å². The summed E-state index contributed by atoms with van der Waals surface area (Å²) in [6.07, 6.45) is 23.7. The van der Waals surface area contributed by atoms with Crippen molar-refractivity contribution in [3.05, 3.63) is 237 Å². The molecule has 0 spiro atoms. The number of carboxylic acids is 4. The number of nitrogens with zero attached hydrogens (tertiary/aromatic N) is 8. The zero-order valence-electron chi connectivity index (χ0n) is 76.7. The molecule has 0 atom stereocenters. The van der Waals surface area contributed by atoms with Gasteiger partial charge in [-0.3, -0.25) is 39.6 Å². The van der Waals surface area contributed by atoms with Gasteiger partial charge in [0.25, 0.3) is 0 Å². The minimum absolute atomic E-state index is 0.208. The molecule has 4 aliphatic carbocycles. The third-order valence-corrected chi connectivity index (χ3v) is 31.0. The molecule has 4 aliphatic heterocycles. The lowest BCUT2D eigenvalue weighted by Crippen LogP contribution is -2.31. The van der Waals surface area contributed by atoms with Gasteiger partial charge in [0.2, 0.25) is 0 Å². The third kappa shape index (κ3) is 17.2. The average molecular weight is 1850 g/mol. The number of ether oxygens (including phenoxy) is 4. The van der Waals surface area contributed by atoms with Crippen LogP contribution in [0, 0.1) is 92.4 Å². The lowest BCUT2D eigenvalue weighted by atomic mass is 9.68. The summed E-state index contributed by atoms with van der Waals surface area (Å²) in [6, 6.07) is 38.7. The summed E-state index contributed by atoms with van der Waals surface area (Å²) < 4.78 is 88.8. The highest BCUT2D eigenvalue weighted by molar-refractivity contribution is 6.03. The van der Waals surface area contributed by atoms with E-state index in [0.29, 0.717) is 69.6 Å². The van der Waals surface area contributed by atoms with Crippen LogP contribution in [0.3, 0.4) is 0 Å². The third-order valence-electron chi connectivity index (χ3n) is 31.0. The van der Waals surface area contributed by atoms with Gasteiger partial charge in [-0.1, -0.05) is 0 Å². The first-order valence-corrected chi connectivity index (χ1v) is 48.3. The molecular formula is C108H112F4N12O12. The maximum absolute atomic E-state index is 14.2. The minimum atomic E-state index is -0.725. The molecule has 4 saturated carbocycles. The Labute approximate surface area is 781 Å². The van der Waals surface area contributed by atoms with Crippen LogP contribution in [0.15, 0.2) is 146 Å². The molecule has 28 heteroatoms. The largest absolute Gasteiger partial charge is 0.481 e. The molecule has 136 heavy (non-hydrogen) atoms. The summed E-state index contributed by atoms with van der Waals surface area (Å²) in [5.41, 5.74) is 24.9. The Hall–Kier alpha value is -12.8. The molecule has 8 aliphatic rings. The van der Waals surface area contributed by atoms with E-state index in [1.807, 2.05) is 73.3 Å². The van der Waals surface area contributed by atoms with E-state index in [1.165, 1.54) is 66.6 Å². The van der Waals surface area contributed by atoms with Gasteiger partial charge in [0.1, 0.15) is 23.3 Å². The van der Waals surface area contributed by atoms with Crippen molar-refractivity contribution in [2.24, 2.45) is 41.4 Å². The topological polar surface area (TPSA) is 321 Å². The van der Waals surface area contributed by atoms with E-state index >= 15 is 0 Å². The van der Waals surface area contributed by atoms with E-state index in [1.54, 1.807) is 52.0 Å². The summed E-state index contributed by atoms with van der Waals surface area (Å²) in [5, 5.41) is 75.5. The van der Waals surface area contributed by atoms with Crippen molar-refractivity contribution in [3.63, 3.8) is 0 Å². The van der Waals surface area contributed by atoms with Gasteiger partial charge in [-0.15, -0.1) is 0 Å². The molecule has 16 aromatic rings. The predicted octanol–water partition coefficient (Wildman–Crippen LogP) is 22.3. The van der Waals surface area contributed by atoms with Gasteiger partial charge < -0.3 is 57.6 Å². The molecule has 8 aromatic heterocycles. The SMILES string of the molecule is Cc1cc(-n2c(C3CCOCC3)c(C3CC(CC(=O)O)C3)c3cc4[nH]ncc4cc32)ccc1F.Cc1cc(-n2c(C3CCOCC3)c(CC3CC(C(=O)O)C3)c3cc4[nH]ncc4cc32)ccc1F.Cc1cc(-n2c(C3CCOCC3)c(CC3CC(C(=O)O)C3)c3cc4[nH]ncc4cc32)ccc1F.Cc1cc(-n2c(C3CCOCC3)c(CC3CC(C(=O)O)C3)c3cc4[nH]ncc4cc32)ccc1F. The van der Waals surface area contributed by atoms with Crippen molar-refractivity contribution in [3.8, 4) is 22.7 Å². The number of halogens is 4. The first kappa shape index (κ1) is 89.8. The number of fused-ring (bicyclic) bond motifs is 8. The number of carbonyl (C=O) groups is 4. The van der Waals surface area contributed by atoms with Gasteiger partial charge in [-0.25, -0.2) is 17.6 Å². The number of aryl methyl sites for hydroxylation is 4. The fraction of sp³-hybridized carbons (Fsp3) is 0.407. The number of aromatic amines is 4. The Morgan fingerprint density at radius 2 is 0.588 bits per heavy atom. The van der Waals surface area contributed by atoms with Crippen LogP contribution in [0.5, 0.6) is 0 Å². The fourth-order valence-electron chi connectivity index (χ4n) is 23.6. The highest BCUT2D eigenvalue weighted by atomic mass is 19.1. The number of aromatic nitrogens is 12. The van der Waals surface area contributed by atoms with Crippen LogP contribution < -0.4 is 0 Å². The number of hydrogen-bond acceptors (Lipinski definition) is 12. The number of rotatable bonds is 20. The van der Waals surface area contributed by atoms with Gasteiger partial charge in [-0.2, -0.15) is 20.4 Å². The van der Waals surface area contributed by atoms with Crippen LogP contribution in [0.2, 0.25) is 0 Å². The normalized spacial score (nSPS) is 21.2. The Morgan fingerprint density at radius 3 is 0.853 bits per heavy atom. The Bertz CT molecular complexity index is 6780. The lowest BCUT2D eigenvalue weighted by molar-refractivity contribution is -0.147. The van der Waals surface area contributed by atoms with Crippen LogP contribution in [0.4, 0.5) is 17.6 Å². The number of H-pyrrole nitrogens is 4. The summed E-state index contributed by atoms with van der Waals surface area (Å²) >= 11 is 0. The maximum atomic E-state index is 14.2. The van der Waals surface area contributed by atoms with Crippen LogP contribution in [-0.4, -0.2) is 156 Å². The van der Waals surface area contributed by atoms with Crippen LogP contribution >= 0.6 is 0 Å². The van der Waals surface area contributed by atoms with Gasteiger partial charge in [0.05, 0.1) is 86.7 Å². The number of nitrogens with one attached hydrogen (secondary N) is 4. The van der Waals surface area contributed by atoms with Crippen molar-refractivity contribution >= 4 is 111 Å². The van der Waals surface area contributed by atoms with Crippen molar-refractivity contribution in [1.82, 2.24) is 59.1 Å². The second-order valence-electron chi connectivity index (χ2n) is 39.7. The summed E-state index contributed by atoms with van der Waals surface area (Å²) in [7, 11) is 0. The van der Waals surface area contributed by atoms with Crippen molar-refractivity contribution in [1.29, 1.82) is 0 Å². The van der Waals surface area contributed by atoms with Gasteiger partial charge in [-0.05, 0) is 345 Å². The molecule has 24 nitrogen and oxygen atoms in total. The van der Waals surface area contributed by atoms with Crippen molar-refractivity contribution in [2.75, 3.05) is 52.9 Å². The molecular weight excluding hydrogens is 1730 g/mol. The molecule has 8 fully saturated rings. The molecule has 8 N–H and O–H groups in total. The standard InChI is InChI=1S/4C27H28FN3O3/c3*1-15-8-20(2-3-23(15)28)31-25-12-19-14-29-30-24(19)13-21(25)22(11-16-9-18(10-16)27(32)33)26(31)17-4-6-34-7-5-17;1-15-8-20(2-3-22(15)28)31-24-12-19-14-29-30-23(19)13-21(24)26(18-9-16(10-18)11-25(32)33)27(31)17-4-6-34-7-5-17/h4*2-3,8,12-14,16-18H,4-7,9-11H2,1H3,(H,29,30)(H,32,33). The smallest absolute Gasteiger partial charge is 0.306 e. The van der Waals surface area contributed by atoms with Crippen molar-refractivity contribution < 1.29 is 76.1 Å². The van der Waals surface area contributed by atoms with E-state index in [0.717, 1.165) is 263 Å². The maximum Gasteiger partial charge on any atom is 0.306 e. The number of hydrogen-bond donors (Lipinski definition) is 8. The minimum Gasteiger partial charge on any atom is -0.481 e. The van der Waals surface area contributed by atoms with E-state index < -0.39 is 23.9 Å². The molecule has 12 heterocycles. The zero-order chi connectivity index (χ0) is 93.6. The first-order valence-electron chi connectivity index (χ1n) is 48.3. The highest BCUT2D eigenvalue weighted by Gasteiger charge is 2.43. The fourth-order valence-corrected chi connectivity index (χ4v) is 23.6. The van der Waals surface area contributed by atoms with E-state index in [9.17, 15) is 57.2 Å². The molecule has 0 unspecified atom stereocenters.